The van der Waals surface area contributed by atoms with Crippen LogP contribution in [0.5, 0.6) is 0 Å². The lowest BCUT2D eigenvalue weighted by atomic mass is 10.2. The summed E-state index contributed by atoms with van der Waals surface area (Å²) in [5.41, 5.74) is 2.00. The molecule has 0 saturated carbocycles. The van der Waals surface area contributed by atoms with E-state index in [-0.39, 0.29) is 6.03 Å². The first kappa shape index (κ1) is 12.8. The van der Waals surface area contributed by atoms with Crippen molar-refractivity contribution in [3.05, 3.63) is 48.5 Å². The van der Waals surface area contributed by atoms with Gasteiger partial charge < -0.3 is 4.90 Å². The third kappa shape index (κ3) is 2.10. The van der Waals surface area contributed by atoms with Crippen LogP contribution in [0.4, 0.5) is 16.2 Å². The Hall–Kier alpha value is -1.94. The number of rotatable bonds is 0. The van der Waals surface area contributed by atoms with E-state index < -0.39 is 0 Å². The molecule has 2 heterocycles. The number of nitrogens with zero attached hydrogens (tertiary/aromatic N) is 2. The monoisotopic (exact) mass is 296 g/mol. The number of hydrogen-bond donors (Lipinski definition) is 0. The summed E-state index contributed by atoms with van der Waals surface area (Å²) >= 11 is 1.73. The van der Waals surface area contributed by atoms with Gasteiger partial charge in [-0.1, -0.05) is 36.0 Å². The third-order valence-electron chi connectivity index (χ3n) is 4.00. The fraction of sp³-hybridized carbons (Fsp3) is 0.235. The Morgan fingerprint density at radius 1 is 0.857 bits per heavy atom. The molecule has 21 heavy (non-hydrogen) atoms. The molecule has 2 amide bonds. The number of fused-ring (bicyclic) bond motifs is 2. The first-order valence-corrected chi connectivity index (χ1v) is 8.11. The van der Waals surface area contributed by atoms with Crippen LogP contribution in [-0.4, -0.2) is 24.0 Å². The highest BCUT2D eigenvalue weighted by atomic mass is 32.2. The zero-order valence-corrected chi connectivity index (χ0v) is 12.5. The molecule has 2 aliphatic rings. The van der Waals surface area contributed by atoms with Crippen LogP contribution in [0.25, 0.3) is 0 Å². The van der Waals surface area contributed by atoms with Crippen molar-refractivity contribution in [2.75, 3.05) is 18.0 Å². The summed E-state index contributed by atoms with van der Waals surface area (Å²) in [5, 5.41) is 0. The highest BCUT2D eigenvalue weighted by molar-refractivity contribution is 7.99. The second-order valence-corrected chi connectivity index (χ2v) is 6.43. The number of carbonyl (C=O) groups excluding carboxylic acids is 1. The Balaban J connectivity index is 1.83. The van der Waals surface area contributed by atoms with Gasteiger partial charge in [0.25, 0.3) is 0 Å². The molecule has 4 rings (SSSR count). The van der Waals surface area contributed by atoms with Gasteiger partial charge >= 0.3 is 6.03 Å². The van der Waals surface area contributed by atoms with Crippen molar-refractivity contribution in [3.8, 4) is 0 Å². The molecule has 0 aromatic heterocycles. The Labute approximate surface area is 128 Å². The van der Waals surface area contributed by atoms with Crippen LogP contribution in [0.1, 0.15) is 12.8 Å². The summed E-state index contributed by atoms with van der Waals surface area (Å²) in [4.78, 5) is 19.1. The summed E-state index contributed by atoms with van der Waals surface area (Å²) in [6, 6.07) is 16.4. The van der Waals surface area contributed by atoms with Gasteiger partial charge in [-0.3, -0.25) is 4.90 Å². The summed E-state index contributed by atoms with van der Waals surface area (Å²) in [7, 11) is 0. The largest absolute Gasteiger partial charge is 0.329 e. The van der Waals surface area contributed by atoms with Gasteiger partial charge in [-0.2, -0.15) is 0 Å². The molecule has 0 unspecified atom stereocenters. The molecule has 0 atom stereocenters. The standard InChI is InChI=1S/C17H16N2OS/c20-17(18-11-5-6-12-18)19-13-7-1-3-9-15(13)21-16-10-4-2-8-14(16)19/h1-4,7-10H,5-6,11-12H2. The average molecular weight is 296 g/mol. The Kier molecular flexibility index (Phi) is 3.11. The van der Waals surface area contributed by atoms with Crippen LogP contribution >= 0.6 is 11.8 Å². The van der Waals surface area contributed by atoms with E-state index >= 15 is 0 Å². The minimum atomic E-state index is 0.104. The van der Waals surface area contributed by atoms with Crippen molar-refractivity contribution in [2.45, 2.75) is 22.6 Å². The molecule has 0 bridgehead atoms. The molecule has 2 aromatic rings. The van der Waals surface area contributed by atoms with Crippen LogP contribution in [0, 0.1) is 0 Å². The first-order valence-electron chi connectivity index (χ1n) is 7.29. The molecule has 1 saturated heterocycles. The van der Waals surface area contributed by atoms with Gasteiger partial charge in [-0.25, -0.2) is 4.79 Å². The van der Waals surface area contributed by atoms with E-state index in [0.29, 0.717) is 0 Å². The molecular weight excluding hydrogens is 280 g/mol. The molecule has 2 aromatic carbocycles. The van der Waals surface area contributed by atoms with Crippen molar-refractivity contribution in [3.63, 3.8) is 0 Å². The lowest BCUT2D eigenvalue weighted by Crippen LogP contribution is -2.40. The topological polar surface area (TPSA) is 23.6 Å². The van der Waals surface area contributed by atoms with Gasteiger partial charge in [0.05, 0.1) is 11.4 Å². The molecule has 0 N–H and O–H groups in total. The van der Waals surface area contributed by atoms with Crippen LogP contribution < -0.4 is 4.90 Å². The number of hydrogen-bond acceptors (Lipinski definition) is 2. The van der Waals surface area contributed by atoms with Gasteiger partial charge in [0.2, 0.25) is 0 Å². The number of anilines is 2. The number of para-hydroxylation sites is 2. The van der Waals surface area contributed by atoms with E-state index in [0.717, 1.165) is 47.1 Å². The van der Waals surface area contributed by atoms with Crippen LogP contribution in [-0.2, 0) is 0 Å². The van der Waals surface area contributed by atoms with E-state index in [1.54, 1.807) is 11.8 Å². The molecule has 0 aliphatic carbocycles. The van der Waals surface area contributed by atoms with E-state index in [4.69, 9.17) is 0 Å². The molecule has 106 valence electrons. The van der Waals surface area contributed by atoms with Crippen molar-refractivity contribution in [1.29, 1.82) is 0 Å². The van der Waals surface area contributed by atoms with Crippen molar-refractivity contribution in [1.82, 2.24) is 4.90 Å². The van der Waals surface area contributed by atoms with Crippen LogP contribution in [0.3, 0.4) is 0 Å². The fourth-order valence-electron chi connectivity index (χ4n) is 2.96. The SMILES string of the molecule is O=C(N1CCCC1)N1c2ccccc2Sc2ccccc21. The van der Waals surface area contributed by atoms with Gasteiger partial charge in [0.15, 0.2) is 0 Å². The van der Waals surface area contributed by atoms with E-state index in [2.05, 4.69) is 12.1 Å². The average Bonchev–Trinajstić information content (AvgIpc) is 3.06. The number of carbonyl (C=O) groups is 1. The Morgan fingerprint density at radius 2 is 1.38 bits per heavy atom. The highest BCUT2D eigenvalue weighted by Gasteiger charge is 2.31. The summed E-state index contributed by atoms with van der Waals surface area (Å²) in [5.74, 6) is 0. The zero-order chi connectivity index (χ0) is 14.2. The fourth-order valence-corrected chi connectivity index (χ4v) is 4.02. The molecule has 0 spiro atoms. The lowest BCUT2D eigenvalue weighted by molar-refractivity contribution is 0.218. The van der Waals surface area contributed by atoms with E-state index in [9.17, 15) is 4.79 Å². The quantitative estimate of drug-likeness (QED) is 0.714. The van der Waals surface area contributed by atoms with Crippen molar-refractivity contribution < 1.29 is 4.79 Å². The predicted octanol–water partition coefficient (Wildman–Crippen LogP) is 4.51. The highest BCUT2D eigenvalue weighted by Crippen LogP contribution is 2.48. The number of urea groups is 1. The number of likely N-dealkylation sites (tertiary alicyclic amines) is 1. The Morgan fingerprint density at radius 3 is 1.95 bits per heavy atom. The summed E-state index contributed by atoms with van der Waals surface area (Å²) in [6.07, 6.45) is 2.22. The predicted molar refractivity (Wildman–Crippen MR) is 85.3 cm³/mol. The minimum Gasteiger partial charge on any atom is -0.324 e. The Bertz CT molecular complexity index is 649. The smallest absolute Gasteiger partial charge is 0.324 e. The molecule has 0 radical (unpaired) electrons. The van der Waals surface area contributed by atoms with Crippen LogP contribution in [0.15, 0.2) is 58.3 Å². The maximum Gasteiger partial charge on any atom is 0.329 e. The summed E-state index contributed by atoms with van der Waals surface area (Å²) < 4.78 is 0. The molecule has 1 fully saturated rings. The van der Waals surface area contributed by atoms with Gasteiger partial charge in [-0.15, -0.1) is 0 Å². The second-order valence-electron chi connectivity index (χ2n) is 5.35. The number of benzene rings is 2. The zero-order valence-electron chi connectivity index (χ0n) is 11.7. The normalized spacial score (nSPS) is 16.6. The van der Waals surface area contributed by atoms with Crippen LogP contribution in [0.2, 0.25) is 0 Å². The molecule has 2 aliphatic heterocycles. The van der Waals surface area contributed by atoms with Gasteiger partial charge in [-0.05, 0) is 37.1 Å². The maximum atomic E-state index is 13.0. The molecular formula is C17H16N2OS. The van der Waals surface area contributed by atoms with Gasteiger partial charge in [0, 0.05) is 22.9 Å². The molecule has 3 nitrogen and oxygen atoms in total. The minimum absolute atomic E-state index is 0.104. The first-order chi connectivity index (χ1) is 10.3. The maximum absolute atomic E-state index is 13.0. The van der Waals surface area contributed by atoms with Crippen molar-refractivity contribution in [2.24, 2.45) is 0 Å². The lowest BCUT2D eigenvalue weighted by Gasteiger charge is -2.33. The number of amides is 2. The molecule has 4 heteroatoms. The third-order valence-corrected chi connectivity index (χ3v) is 5.13. The van der Waals surface area contributed by atoms with Crippen molar-refractivity contribution >= 4 is 29.2 Å². The van der Waals surface area contributed by atoms with Gasteiger partial charge in [0.1, 0.15) is 0 Å². The van der Waals surface area contributed by atoms with E-state index in [1.807, 2.05) is 46.2 Å². The van der Waals surface area contributed by atoms with E-state index in [1.165, 1.54) is 0 Å². The second kappa shape index (κ2) is 5.11. The summed E-state index contributed by atoms with van der Waals surface area (Å²) in [6.45, 7) is 1.74.